The minimum Gasteiger partial charge on any atom is -0.503 e. The largest absolute Gasteiger partial charge is 2.00 e. The second-order valence-electron chi connectivity index (χ2n) is 19.8. The summed E-state index contributed by atoms with van der Waals surface area (Å²) in [5.41, 5.74) is 15.3. The molecule has 9 aromatic rings. The second kappa shape index (κ2) is 19.1. The molecule has 1 aliphatic rings. The Bertz CT molecular complexity index is 3160. The molecular formula is C63H55N3OPtS. The van der Waals surface area contributed by atoms with Gasteiger partial charge in [-0.15, -0.1) is 29.3 Å². The zero-order valence-corrected chi connectivity index (χ0v) is 43.5. The molecule has 0 saturated heterocycles. The third-order valence-electron chi connectivity index (χ3n) is 13.1. The molecule has 0 unspecified atom stereocenters. The molecule has 0 N–H and O–H groups in total. The van der Waals surface area contributed by atoms with Crippen molar-refractivity contribution in [3.63, 3.8) is 0 Å². The van der Waals surface area contributed by atoms with Crippen molar-refractivity contribution < 1.29 is 25.8 Å². The van der Waals surface area contributed by atoms with Gasteiger partial charge in [-0.2, -0.15) is 12.1 Å². The summed E-state index contributed by atoms with van der Waals surface area (Å²) in [5, 5.41) is 0. The van der Waals surface area contributed by atoms with Gasteiger partial charge in [-0.3, -0.25) is 4.98 Å². The van der Waals surface area contributed by atoms with Crippen molar-refractivity contribution >= 4 is 28.8 Å². The van der Waals surface area contributed by atoms with Crippen molar-refractivity contribution in [3.8, 4) is 33.9 Å². The fourth-order valence-corrected chi connectivity index (χ4v) is 10.8. The SMILES string of the molecule is Cc1cccc(C)c1-c1cc(Oc2[c-]c(C3(c4ccccn4)c4ccccc4Sc4ccccc43)ccc2)[c-]c(-c2cc(N(c3ccc(C(C)(C)C)cc3)c3ccc(C(C)(C)C)cc3)ccn2)c1.[Pt+2]. The number of benzene rings is 7. The van der Waals surface area contributed by atoms with Crippen LogP contribution in [0.5, 0.6) is 11.5 Å². The van der Waals surface area contributed by atoms with E-state index < -0.39 is 5.41 Å². The third-order valence-corrected chi connectivity index (χ3v) is 14.3. The van der Waals surface area contributed by atoms with E-state index in [1.807, 2.05) is 24.5 Å². The normalized spacial score (nSPS) is 12.9. The number of aryl methyl sites for hydroxylation is 2. The quantitative estimate of drug-likeness (QED) is 0.135. The minimum absolute atomic E-state index is 0. The van der Waals surface area contributed by atoms with Crippen LogP contribution in [0.3, 0.4) is 0 Å². The van der Waals surface area contributed by atoms with Gasteiger partial charge < -0.3 is 14.6 Å². The fraction of sp³-hybridized carbons (Fsp3) is 0.175. The maximum absolute atomic E-state index is 6.99. The first-order chi connectivity index (χ1) is 32.8. The van der Waals surface area contributed by atoms with Crippen molar-refractivity contribution in [1.29, 1.82) is 0 Å². The zero-order valence-electron chi connectivity index (χ0n) is 40.4. The van der Waals surface area contributed by atoms with Crippen LogP contribution in [0.1, 0.15) is 86.2 Å². The molecule has 0 bridgehead atoms. The Morgan fingerprint density at radius 1 is 0.522 bits per heavy atom. The summed E-state index contributed by atoms with van der Waals surface area (Å²) in [5.74, 6) is 1.15. The summed E-state index contributed by atoms with van der Waals surface area (Å²) in [6, 6.07) is 70.1. The molecule has 0 spiro atoms. The standard InChI is InChI=1S/C63H55N3OS.Pt/c1-42-17-15-18-43(2)60(42)45-37-44(56-41-51(34-36-64-56)66(49-30-26-46(27-31-49)61(3,4)5)50-32-28-47(29-33-50)62(6,7)8)38-53(39-45)67-52-20-16-19-48(40-52)63(59-25-13-14-35-65-59)54-21-9-11-23-57(54)68-58-24-12-10-22-55(58)63;/h9-37,39,41H,1-8H3;/q-2;+2. The first kappa shape index (κ1) is 47.5. The molecule has 0 saturated carbocycles. The van der Waals surface area contributed by atoms with Crippen LogP contribution in [0.15, 0.2) is 198 Å². The zero-order chi connectivity index (χ0) is 47.2. The number of aromatic nitrogens is 2. The van der Waals surface area contributed by atoms with E-state index in [4.69, 9.17) is 14.7 Å². The summed E-state index contributed by atoms with van der Waals surface area (Å²) < 4.78 is 6.99. The number of rotatable bonds is 9. The minimum atomic E-state index is -0.746. The Labute approximate surface area is 427 Å². The summed E-state index contributed by atoms with van der Waals surface area (Å²) in [6.45, 7) is 17.8. The molecule has 344 valence electrons. The first-order valence-corrected chi connectivity index (χ1v) is 24.2. The first-order valence-electron chi connectivity index (χ1n) is 23.4. The molecule has 2 aromatic heterocycles. The van der Waals surface area contributed by atoms with Crippen LogP contribution in [0, 0.1) is 26.0 Å². The Hall–Kier alpha value is -6.52. The third kappa shape index (κ3) is 9.23. The Kier molecular flexibility index (Phi) is 13.2. The van der Waals surface area contributed by atoms with Gasteiger partial charge in [0.1, 0.15) is 0 Å². The van der Waals surface area contributed by atoms with Gasteiger partial charge in [0.2, 0.25) is 0 Å². The van der Waals surface area contributed by atoms with Crippen molar-refractivity contribution in [1.82, 2.24) is 9.97 Å². The number of hydrogen-bond donors (Lipinski definition) is 0. The molecule has 3 heterocycles. The van der Waals surface area contributed by atoms with Crippen LogP contribution >= 0.6 is 11.8 Å². The van der Waals surface area contributed by atoms with Crippen LogP contribution in [-0.2, 0) is 37.3 Å². The van der Waals surface area contributed by atoms with Gasteiger partial charge >= 0.3 is 21.1 Å². The molecule has 7 aromatic carbocycles. The van der Waals surface area contributed by atoms with Gasteiger partial charge in [-0.1, -0.05) is 162 Å². The van der Waals surface area contributed by atoms with Gasteiger partial charge in [0.05, 0.1) is 11.1 Å². The van der Waals surface area contributed by atoms with Crippen LogP contribution < -0.4 is 9.64 Å². The van der Waals surface area contributed by atoms with Crippen molar-refractivity contribution in [2.75, 3.05) is 4.90 Å². The number of anilines is 3. The molecule has 69 heavy (non-hydrogen) atoms. The molecule has 10 rings (SSSR count). The van der Waals surface area contributed by atoms with Gasteiger partial charge in [-0.25, -0.2) is 0 Å². The van der Waals surface area contributed by atoms with E-state index in [0.29, 0.717) is 11.5 Å². The topological polar surface area (TPSA) is 38.2 Å². The number of hydrogen-bond acceptors (Lipinski definition) is 5. The summed E-state index contributed by atoms with van der Waals surface area (Å²) in [6.07, 6.45) is 3.78. The summed E-state index contributed by atoms with van der Waals surface area (Å²) >= 11 is 1.80. The molecule has 0 amide bonds. The molecule has 0 fully saturated rings. The molecule has 0 radical (unpaired) electrons. The average molecular weight is 1100 g/mol. The molecular weight excluding hydrogens is 1040 g/mol. The Morgan fingerprint density at radius 2 is 1.10 bits per heavy atom. The van der Waals surface area contributed by atoms with Crippen LogP contribution in [0.4, 0.5) is 17.1 Å². The smallest absolute Gasteiger partial charge is 0.503 e. The average Bonchev–Trinajstić information content (AvgIpc) is 3.33. The maximum atomic E-state index is 6.99. The maximum Gasteiger partial charge on any atom is 2.00 e. The van der Waals surface area contributed by atoms with Crippen molar-refractivity contribution in [2.45, 2.75) is 81.4 Å². The molecule has 6 heteroatoms. The van der Waals surface area contributed by atoms with Gasteiger partial charge in [0.15, 0.2) is 0 Å². The number of fused-ring (bicyclic) bond motifs is 2. The van der Waals surface area contributed by atoms with Crippen LogP contribution in [0.2, 0.25) is 0 Å². The van der Waals surface area contributed by atoms with Gasteiger partial charge in [0.25, 0.3) is 0 Å². The number of nitrogens with zero attached hydrogens (tertiary/aromatic N) is 3. The summed E-state index contributed by atoms with van der Waals surface area (Å²) in [4.78, 5) is 14.8. The predicted molar refractivity (Wildman–Crippen MR) is 281 cm³/mol. The van der Waals surface area contributed by atoms with E-state index in [1.54, 1.807) is 11.8 Å². The van der Waals surface area contributed by atoms with E-state index >= 15 is 0 Å². The molecule has 0 atom stereocenters. The van der Waals surface area contributed by atoms with Gasteiger partial charge in [0, 0.05) is 50.7 Å². The van der Waals surface area contributed by atoms with Crippen LogP contribution in [-0.4, -0.2) is 9.97 Å². The predicted octanol–water partition coefficient (Wildman–Crippen LogP) is 16.7. The van der Waals surface area contributed by atoms with E-state index in [2.05, 4.69) is 236 Å². The molecule has 0 aliphatic carbocycles. The van der Waals surface area contributed by atoms with E-state index in [1.165, 1.54) is 32.0 Å². The van der Waals surface area contributed by atoms with E-state index in [0.717, 1.165) is 61.8 Å². The number of ether oxygens (including phenoxy) is 1. The van der Waals surface area contributed by atoms with E-state index in [-0.39, 0.29) is 31.9 Å². The van der Waals surface area contributed by atoms with Crippen molar-refractivity contribution in [3.05, 3.63) is 245 Å². The van der Waals surface area contributed by atoms with Crippen molar-refractivity contribution in [2.24, 2.45) is 0 Å². The van der Waals surface area contributed by atoms with Gasteiger partial charge in [-0.05, 0) is 124 Å². The number of pyridine rings is 2. The monoisotopic (exact) mass is 1100 g/mol. The van der Waals surface area contributed by atoms with Crippen LogP contribution in [0.25, 0.3) is 22.4 Å². The second-order valence-corrected chi connectivity index (χ2v) is 20.9. The molecule has 4 nitrogen and oxygen atoms in total. The molecule has 1 aliphatic heterocycles. The Morgan fingerprint density at radius 3 is 1.68 bits per heavy atom. The fourth-order valence-electron chi connectivity index (χ4n) is 9.65. The van der Waals surface area contributed by atoms with E-state index in [9.17, 15) is 0 Å². The summed E-state index contributed by atoms with van der Waals surface area (Å²) in [7, 11) is 0. The Balaban J connectivity index is 0.00000593.